The molecule has 0 atom stereocenters. The number of nitrogens with zero attached hydrogens (tertiary/aromatic N) is 4. The summed E-state index contributed by atoms with van der Waals surface area (Å²) in [7, 11) is 0. The second-order valence-corrected chi connectivity index (χ2v) is 6.73. The summed E-state index contributed by atoms with van der Waals surface area (Å²) in [6.45, 7) is 4.04. The summed E-state index contributed by atoms with van der Waals surface area (Å²) in [6, 6.07) is 7.05. The number of ether oxygens (including phenoxy) is 1. The number of morpholine rings is 1. The lowest BCUT2D eigenvalue weighted by Crippen LogP contribution is -2.40. The molecule has 26 heavy (non-hydrogen) atoms. The molecule has 0 radical (unpaired) electrons. The molecule has 2 aliphatic heterocycles. The van der Waals surface area contributed by atoms with Crippen molar-refractivity contribution in [1.82, 2.24) is 14.9 Å². The number of hydrogen-bond acceptors (Lipinski definition) is 5. The summed E-state index contributed by atoms with van der Waals surface area (Å²) in [5, 5.41) is 3.40. The molecule has 1 saturated heterocycles. The second kappa shape index (κ2) is 7.47. The summed E-state index contributed by atoms with van der Waals surface area (Å²) < 4.78 is 5.38. The standard InChI is InChI=1S/C18H20ClN5O2/c19-14-3-1-2-4-15(14)22-18(25)24-6-5-13-11-20-17(21-16(13)12-24)23-7-9-26-10-8-23/h1-4,11H,5-10,12H2,(H,22,25). The van der Waals surface area contributed by atoms with E-state index < -0.39 is 0 Å². The molecule has 2 aliphatic rings. The third kappa shape index (κ3) is 3.59. The van der Waals surface area contributed by atoms with E-state index in [0.717, 1.165) is 30.8 Å². The van der Waals surface area contributed by atoms with Crippen molar-refractivity contribution in [2.24, 2.45) is 0 Å². The molecule has 2 aromatic rings. The summed E-state index contributed by atoms with van der Waals surface area (Å²) in [5.41, 5.74) is 2.62. The zero-order valence-corrected chi connectivity index (χ0v) is 15.1. The number of hydrogen-bond donors (Lipinski definition) is 1. The number of carbonyl (C=O) groups excluding carboxylic acids is 1. The first-order valence-corrected chi connectivity index (χ1v) is 9.06. The first-order valence-electron chi connectivity index (χ1n) is 8.68. The van der Waals surface area contributed by atoms with Crippen LogP contribution in [0.5, 0.6) is 0 Å². The number of anilines is 2. The van der Waals surface area contributed by atoms with Crippen LogP contribution in [0.2, 0.25) is 5.02 Å². The van der Waals surface area contributed by atoms with Crippen molar-refractivity contribution in [3.05, 3.63) is 46.7 Å². The van der Waals surface area contributed by atoms with Crippen molar-refractivity contribution in [3.63, 3.8) is 0 Å². The quantitative estimate of drug-likeness (QED) is 0.876. The van der Waals surface area contributed by atoms with E-state index in [1.165, 1.54) is 0 Å². The third-order valence-corrected chi connectivity index (χ3v) is 4.96. The van der Waals surface area contributed by atoms with Crippen LogP contribution in [-0.4, -0.2) is 53.7 Å². The van der Waals surface area contributed by atoms with Gasteiger partial charge in [0.1, 0.15) is 0 Å². The molecule has 1 aromatic carbocycles. The Bertz CT molecular complexity index is 810. The number of halogens is 1. The molecule has 0 aliphatic carbocycles. The topological polar surface area (TPSA) is 70.6 Å². The van der Waals surface area contributed by atoms with E-state index in [-0.39, 0.29) is 6.03 Å². The Kier molecular flexibility index (Phi) is 4.90. The largest absolute Gasteiger partial charge is 0.378 e. The van der Waals surface area contributed by atoms with E-state index in [2.05, 4.69) is 15.2 Å². The van der Waals surface area contributed by atoms with Crippen molar-refractivity contribution in [2.75, 3.05) is 43.1 Å². The maximum atomic E-state index is 12.6. The van der Waals surface area contributed by atoms with E-state index in [4.69, 9.17) is 21.3 Å². The Labute approximate surface area is 156 Å². The second-order valence-electron chi connectivity index (χ2n) is 6.32. The van der Waals surface area contributed by atoms with Gasteiger partial charge in [-0.2, -0.15) is 0 Å². The molecule has 0 bridgehead atoms. The molecule has 3 heterocycles. The maximum absolute atomic E-state index is 12.6. The number of aromatic nitrogens is 2. The number of urea groups is 1. The van der Waals surface area contributed by atoms with E-state index in [1.807, 2.05) is 18.3 Å². The highest BCUT2D eigenvalue weighted by Crippen LogP contribution is 2.23. The zero-order chi connectivity index (χ0) is 17.9. The van der Waals surface area contributed by atoms with Gasteiger partial charge in [-0.15, -0.1) is 0 Å². The van der Waals surface area contributed by atoms with Gasteiger partial charge in [0.2, 0.25) is 5.95 Å². The fourth-order valence-electron chi connectivity index (χ4n) is 3.14. The molecule has 2 amide bonds. The van der Waals surface area contributed by atoms with Gasteiger partial charge in [0.25, 0.3) is 0 Å². The smallest absolute Gasteiger partial charge is 0.322 e. The van der Waals surface area contributed by atoms with Gasteiger partial charge < -0.3 is 19.9 Å². The Morgan fingerprint density at radius 2 is 2.00 bits per heavy atom. The van der Waals surface area contributed by atoms with Gasteiger partial charge in [0, 0.05) is 25.8 Å². The summed E-state index contributed by atoms with van der Waals surface area (Å²) in [4.78, 5) is 25.7. The third-order valence-electron chi connectivity index (χ3n) is 4.63. The number of amides is 2. The first-order chi connectivity index (χ1) is 12.7. The van der Waals surface area contributed by atoms with Gasteiger partial charge >= 0.3 is 6.03 Å². The molecule has 7 nitrogen and oxygen atoms in total. The normalized spacial score (nSPS) is 17.0. The van der Waals surface area contributed by atoms with Crippen LogP contribution < -0.4 is 10.2 Å². The fourth-order valence-corrected chi connectivity index (χ4v) is 3.32. The monoisotopic (exact) mass is 373 g/mol. The van der Waals surface area contributed by atoms with E-state index in [9.17, 15) is 4.79 Å². The van der Waals surface area contributed by atoms with Gasteiger partial charge in [0.15, 0.2) is 0 Å². The lowest BCUT2D eigenvalue weighted by atomic mass is 10.1. The average molecular weight is 374 g/mol. The first kappa shape index (κ1) is 17.1. The van der Waals surface area contributed by atoms with Crippen LogP contribution in [0.25, 0.3) is 0 Å². The SMILES string of the molecule is O=C(Nc1ccccc1Cl)N1CCc2cnc(N3CCOCC3)nc2C1. The van der Waals surface area contributed by atoms with Crippen LogP contribution in [0, 0.1) is 0 Å². The number of para-hydroxylation sites is 1. The Balaban J connectivity index is 1.47. The molecule has 8 heteroatoms. The minimum Gasteiger partial charge on any atom is -0.378 e. The molecule has 4 rings (SSSR count). The molecule has 0 unspecified atom stereocenters. The van der Waals surface area contributed by atoms with Gasteiger partial charge in [-0.25, -0.2) is 14.8 Å². The van der Waals surface area contributed by atoms with E-state index in [0.29, 0.717) is 43.0 Å². The highest BCUT2D eigenvalue weighted by atomic mass is 35.5. The number of nitrogens with one attached hydrogen (secondary N) is 1. The van der Waals surface area contributed by atoms with Gasteiger partial charge in [-0.1, -0.05) is 23.7 Å². The van der Waals surface area contributed by atoms with Crippen LogP contribution in [0.15, 0.2) is 30.5 Å². The minimum atomic E-state index is -0.171. The van der Waals surface area contributed by atoms with E-state index >= 15 is 0 Å². The minimum absolute atomic E-state index is 0.171. The van der Waals surface area contributed by atoms with Crippen molar-refractivity contribution >= 4 is 29.3 Å². The summed E-state index contributed by atoms with van der Waals surface area (Å²) >= 11 is 6.13. The summed E-state index contributed by atoms with van der Waals surface area (Å²) in [5.74, 6) is 0.709. The molecular formula is C18H20ClN5O2. The highest BCUT2D eigenvalue weighted by Gasteiger charge is 2.24. The fraction of sp³-hybridized carbons (Fsp3) is 0.389. The molecule has 1 N–H and O–H groups in total. The van der Waals surface area contributed by atoms with Gasteiger partial charge in [-0.3, -0.25) is 0 Å². The van der Waals surface area contributed by atoms with Gasteiger partial charge in [0.05, 0.1) is 36.2 Å². The van der Waals surface area contributed by atoms with Crippen molar-refractivity contribution in [1.29, 1.82) is 0 Å². The average Bonchev–Trinajstić information content (AvgIpc) is 2.69. The van der Waals surface area contributed by atoms with Crippen LogP contribution in [0.4, 0.5) is 16.4 Å². The van der Waals surface area contributed by atoms with Crippen LogP contribution in [0.1, 0.15) is 11.3 Å². The van der Waals surface area contributed by atoms with Crippen LogP contribution in [0.3, 0.4) is 0 Å². The Morgan fingerprint density at radius 3 is 2.81 bits per heavy atom. The lowest BCUT2D eigenvalue weighted by Gasteiger charge is -2.30. The van der Waals surface area contributed by atoms with Crippen molar-refractivity contribution < 1.29 is 9.53 Å². The zero-order valence-electron chi connectivity index (χ0n) is 14.3. The van der Waals surface area contributed by atoms with Crippen molar-refractivity contribution in [2.45, 2.75) is 13.0 Å². The van der Waals surface area contributed by atoms with Crippen LogP contribution in [-0.2, 0) is 17.7 Å². The molecule has 136 valence electrons. The Morgan fingerprint density at radius 1 is 1.19 bits per heavy atom. The number of carbonyl (C=O) groups is 1. The maximum Gasteiger partial charge on any atom is 0.322 e. The Hall–Kier alpha value is -2.38. The number of rotatable bonds is 2. The highest BCUT2D eigenvalue weighted by molar-refractivity contribution is 6.33. The summed E-state index contributed by atoms with van der Waals surface area (Å²) in [6.07, 6.45) is 2.63. The predicted octanol–water partition coefficient (Wildman–Crippen LogP) is 2.56. The van der Waals surface area contributed by atoms with E-state index in [1.54, 1.807) is 17.0 Å². The molecule has 0 spiro atoms. The lowest BCUT2D eigenvalue weighted by molar-refractivity contribution is 0.122. The molecule has 1 fully saturated rings. The predicted molar refractivity (Wildman–Crippen MR) is 99.6 cm³/mol. The molecule has 0 saturated carbocycles. The van der Waals surface area contributed by atoms with Gasteiger partial charge in [-0.05, 0) is 24.1 Å². The number of fused-ring (bicyclic) bond motifs is 1. The molecular weight excluding hydrogens is 354 g/mol. The number of benzene rings is 1. The molecule has 1 aromatic heterocycles. The van der Waals surface area contributed by atoms with Crippen molar-refractivity contribution in [3.8, 4) is 0 Å². The van der Waals surface area contributed by atoms with Crippen LogP contribution >= 0.6 is 11.6 Å².